The highest BCUT2D eigenvalue weighted by Gasteiger charge is 2.19. The highest BCUT2D eigenvalue weighted by Crippen LogP contribution is 2.09. The van der Waals surface area contributed by atoms with Crippen molar-refractivity contribution in [1.82, 2.24) is 9.55 Å². The lowest BCUT2D eigenvalue weighted by Gasteiger charge is -2.00. The molecule has 1 aromatic heterocycles. The first-order valence-corrected chi connectivity index (χ1v) is 7.20. The highest BCUT2D eigenvalue weighted by molar-refractivity contribution is 5.84. The summed E-state index contributed by atoms with van der Waals surface area (Å²) < 4.78 is 1.52. The van der Waals surface area contributed by atoms with Crippen molar-refractivity contribution in [3.8, 4) is 0 Å². The maximum Gasteiger partial charge on any atom is 0.216 e. The largest absolute Gasteiger partial charge is 0.410 e. The minimum absolute atomic E-state index is 0.113. The van der Waals surface area contributed by atoms with Gasteiger partial charge in [0.15, 0.2) is 10.9 Å². The van der Waals surface area contributed by atoms with E-state index in [0.717, 1.165) is 0 Å². The van der Waals surface area contributed by atoms with E-state index in [1.54, 1.807) is 26.1 Å². The maximum absolute atomic E-state index is 12.9. The lowest BCUT2D eigenvalue weighted by atomic mass is 10.0. The fourth-order valence-corrected chi connectivity index (χ4v) is 3.19. The second-order valence-electron chi connectivity index (χ2n) is 5.65. The number of aryl methyl sites for hydroxylation is 2. The first kappa shape index (κ1) is 14.3. The van der Waals surface area contributed by atoms with Crippen LogP contribution in [-0.2, 0) is 7.05 Å². The van der Waals surface area contributed by atoms with Crippen molar-refractivity contribution in [2.24, 2.45) is 12.2 Å². The van der Waals surface area contributed by atoms with Gasteiger partial charge in [-0.25, -0.2) is 4.98 Å². The van der Waals surface area contributed by atoms with Gasteiger partial charge in [-0.1, -0.05) is 29.4 Å². The Morgan fingerprint density at radius 1 is 1.00 bits per heavy atom. The molecule has 0 fully saturated rings. The molecule has 2 aliphatic carbocycles. The molecule has 4 rings (SSSR count). The number of hydrogen-bond donors (Lipinski definition) is 1. The summed E-state index contributed by atoms with van der Waals surface area (Å²) >= 11 is 0. The van der Waals surface area contributed by atoms with Gasteiger partial charge in [0, 0.05) is 17.8 Å². The molecule has 118 valence electrons. The van der Waals surface area contributed by atoms with Gasteiger partial charge in [0.25, 0.3) is 0 Å². The molecule has 24 heavy (non-hydrogen) atoms. The Morgan fingerprint density at radius 2 is 1.58 bits per heavy atom. The molecule has 1 heterocycles. The predicted octanol–water partition coefficient (Wildman–Crippen LogP) is 0.00580. The summed E-state index contributed by atoms with van der Waals surface area (Å²) in [6, 6.07) is 6.28. The Morgan fingerprint density at radius 3 is 2.17 bits per heavy atom. The van der Waals surface area contributed by atoms with Gasteiger partial charge in [-0.2, -0.15) is 0 Å². The third-order valence-electron chi connectivity index (χ3n) is 4.44. The summed E-state index contributed by atoms with van der Waals surface area (Å²) in [5.41, 5.74) is -1.39. The predicted molar refractivity (Wildman–Crippen MR) is 86.8 cm³/mol. The lowest BCUT2D eigenvalue weighted by Crippen LogP contribution is -2.30. The molecule has 0 aliphatic heterocycles. The normalized spacial score (nSPS) is 12.7. The topological polar surface area (TPSA) is 102 Å². The Bertz CT molecular complexity index is 1440. The van der Waals surface area contributed by atoms with Crippen LogP contribution in [0.3, 0.4) is 0 Å². The summed E-state index contributed by atoms with van der Waals surface area (Å²) in [6.45, 7) is 1.68. The maximum atomic E-state index is 12.9. The molecule has 0 unspecified atom stereocenters. The summed E-state index contributed by atoms with van der Waals surface area (Å²) in [5, 5.41) is 12.4. The third-order valence-corrected chi connectivity index (χ3v) is 4.44. The van der Waals surface area contributed by atoms with E-state index in [1.807, 2.05) is 0 Å². The van der Waals surface area contributed by atoms with Crippen LogP contribution in [0, 0.1) is 17.4 Å². The first-order chi connectivity index (χ1) is 11.5. The van der Waals surface area contributed by atoms with Crippen LogP contribution in [0.5, 0.6) is 0 Å². The number of rotatable bonds is 0. The van der Waals surface area contributed by atoms with E-state index in [1.165, 1.54) is 16.7 Å². The van der Waals surface area contributed by atoms with Gasteiger partial charge in [-0.05, 0) is 6.92 Å². The minimum atomic E-state index is -0.580. The molecule has 0 bridgehead atoms. The molecular weight excluding hydrogens is 310 g/mol. The average Bonchev–Trinajstić information content (AvgIpc) is 2.88. The first-order valence-electron chi connectivity index (χ1n) is 7.20. The molecule has 0 spiro atoms. The van der Waals surface area contributed by atoms with Crippen LogP contribution in [0.25, 0.3) is 21.8 Å². The SMILES string of the molecule is Cc1nc2/c(=N/O)c3c(=O)c4ccccc4c(=O)c=3c(=O)c2n1C. The molecule has 2 aliphatic rings. The van der Waals surface area contributed by atoms with Crippen molar-refractivity contribution < 1.29 is 5.21 Å². The van der Waals surface area contributed by atoms with Gasteiger partial charge in [0.2, 0.25) is 5.43 Å². The van der Waals surface area contributed by atoms with Crippen LogP contribution < -0.4 is 21.6 Å². The van der Waals surface area contributed by atoms with Crippen LogP contribution in [0.4, 0.5) is 0 Å². The van der Waals surface area contributed by atoms with Gasteiger partial charge >= 0.3 is 0 Å². The van der Waals surface area contributed by atoms with E-state index in [4.69, 9.17) is 0 Å². The zero-order valence-electron chi connectivity index (χ0n) is 12.8. The zero-order valence-corrected chi connectivity index (χ0v) is 12.8. The van der Waals surface area contributed by atoms with Gasteiger partial charge in [0.05, 0.1) is 10.4 Å². The number of fused-ring (bicyclic) bond motifs is 2. The fourth-order valence-electron chi connectivity index (χ4n) is 3.19. The van der Waals surface area contributed by atoms with Crippen LogP contribution >= 0.6 is 0 Å². The van der Waals surface area contributed by atoms with Crippen molar-refractivity contribution >= 4 is 21.8 Å². The van der Waals surface area contributed by atoms with Crippen molar-refractivity contribution in [3.05, 3.63) is 76.6 Å². The van der Waals surface area contributed by atoms with E-state index in [9.17, 15) is 19.6 Å². The lowest BCUT2D eigenvalue weighted by molar-refractivity contribution is 0.302. The van der Waals surface area contributed by atoms with E-state index in [-0.39, 0.29) is 37.6 Å². The molecule has 7 heteroatoms. The number of nitrogens with zero attached hydrogens (tertiary/aromatic N) is 3. The van der Waals surface area contributed by atoms with E-state index < -0.39 is 16.3 Å². The van der Waals surface area contributed by atoms with E-state index in [2.05, 4.69) is 10.1 Å². The van der Waals surface area contributed by atoms with E-state index in [0.29, 0.717) is 5.82 Å². The summed E-state index contributed by atoms with van der Waals surface area (Å²) in [6.07, 6.45) is 0. The number of benzene rings is 1. The molecule has 1 N–H and O–H groups in total. The van der Waals surface area contributed by atoms with Crippen LogP contribution in [0.15, 0.2) is 43.8 Å². The second kappa shape index (κ2) is 4.58. The van der Waals surface area contributed by atoms with Crippen molar-refractivity contribution in [2.45, 2.75) is 6.92 Å². The second-order valence-corrected chi connectivity index (χ2v) is 5.65. The standard InChI is InChI=1S/C17H11N3O4/c1-7-18-13-12(19-24)10-11(17(23)14(13)20(7)2)16(22)9-6-4-3-5-8(9)15(10)21/h3-6,24H,1-2H3/b19-12+. The summed E-state index contributed by atoms with van der Waals surface area (Å²) in [7, 11) is 1.63. The molecule has 0 atom stereocenters. The Kier molecular flexibility index (Phi) is 2.72. The van der Waals surface area contributed by atoms with Crippen LogP contribution in [-0.4, -0.2) is 14.8 Å². The smallest absolute Gasteiger partial charge is 0.216 e. The Labute approximate surface area is 133 Å². The van der Waals surface area contributed by atoms with Crippen molar-refractivity contribution in [1.29, 1.82) is 0 Å². The average molecular weight is 321 g/mol. The van der Waals surface area contributed by atoms with Crippen LogP contribution in [0.1, 0.15) is 5.82 Å². The van der Waals surface area contributed by atoms with Gasteiger partial charge < -0.3 is 9.77 Å². The number of hydrogen-bond acceptors (Lipinski definition) is 6. The minimum Gasteiger partial charge on any atom is -0.410 e. The molecule has 0 saturated carbocycles. The molecule has 1 aromatic carbocycles. The van der Waals surface area contributed by atoms with Gasteiger partial charge in [-0.3, -0.25) is 14.4 Å². The number of aromatic nitrogens is 2. The molecule has 2 aromatic rings. The zero-order chi connectivity index (χ0) is 17.2. The highest BCUT2D eigenvalue weighted by atomic mass is 16.4. The van der Waals surface area contributed by atoms with Gasteiger partial charge in [-0.15, -0.1) is 0 Å². The number of imidazole rings is 1. The van der Waals surface area contributed by atoms with Crippen molar-refractivity contribution in [2.75, 3.05) is 0 Å². The summed E-state index contributed by atoms with van der Waals surface area (Å²) in [5.74, 6) is 0.506. The molecular formula is C17H11N3O4. The van der Waals surface area contributed by atoms with E-state index >= 15 is 0 Å². The molecule has 0 saturated heterocycles. The molecule has 7 nitrogen and oxygen atoms in total. The van der Waals surface area contributed by atoms with Gasteiger partial charge in [0.1, 0.15) is 22.2 Å². The fraction of sp³-hybridized carbons (Fsp3) is 0.118. The third kappa shape index (κ3) is 1.53. The quantitative estimate of drug-likeness (QED) is 0.363. The Balaban J connectivity index is 2.64. The summed E-state index contributed by atoms with van der Waals surface area (Å²) in [4.78, 5) is 42.7. The van der Waals surface area contributed by atoms with Crippen LogP contribution in [0.2, 0.25) is 0 Å². The monoisotopic (exact) mass is 321 g/mol. The van der Waals surface area contributed by atoms with Crippen molar-refractivity contribution in [3.63, 3.8) is 0 Å². The molecule has 0 radical (unpaired) electrons. The molecule has 0 amide bonds. The Hall–Kier alpha value is -3.35.